The Hall–Kier alpha value is -1.28. The SMILES string of the molecule is C/C(=C\C#N)CC#N. The highest BCUT2D eigenvalue weighted by molar-refractivity contribution is 5.14. The monoisotopic (exact) mass is 106 g/mol. The van der Waals surface area contributed by atoms with Crippen molar-refractivity contribution >= 4 is 0 Å². The predicted octanol–water partition coefficient (Wildman–Crippen LogP) is 1.37. The minimum Gasteiger partial charge on any atom is -0.198 e. The highest BCUT2D eigenvalue weighted by atomic mass is 14.2. The molecule has 0 fully saturated rings. The van der Waals surface area contributed by atoms with Gasteiger partial charge in [-0.2, -0.15) is 10.5 Å². The lowest BCUT2D eigenvalue weighted by Crippen LogP contribution is -1.68. The average molecular weight is 106 g/mol. The number of hydrogen-bond acceptors (Lipinski definition) is 2. The van der Waals surface area contributed by atoms with Crippen LogP contribution in [0, 0.1) is 22.7 Å². The van der Waals surface area contributed by atoms with Gasteiger partial charge in [-0.05, 0) is 12.5 Å². The summed E-state index contributed by atoms with van der Waals surface area (Å²) >= 11 is 0. The third kappa shape index (κ3) is 2.93. The number of nitriles is 2. The largest absolute Gasteiger partial charge is 0.198 e. The molecule has 2 nitrogen and oxygen atoms in total. The van der Waals surface area contributed by atoms with E-state index in [2.05, 4.69) is 0 Å². The fraction of sp³-hybridized carbons (Fsp3) is 0.333. The highest BCUT2D eigenvalue weighted by Crippen LogP contribution is 1.94. The molecule has 0 aliphatic heterocycles. The first-order valence-electron chi connectivity index (χ1n) is 2.23. The predicted molar refractivity (Wildman–Crippen MR) is 29.6 cm³/mol. The Labute approximate surface area is 48.7 Å². The zero-order valence-corrected chi connectivity index (χ0v) is 4.68. The number of nitrogens with zero attached hydrogens (tertiary/aromatic N) is 2. The summed E-state index contributed by atoms with van der Waals surface area (Å²) in [5.74, 6) is 0. The number of hydrogen-bond donors (Lipinski definition) is 0. The van der Waals surface area contributed by atoms with Crippen LogP contribution in [0.15, 0.2) is 11.6 Å². The van der Waals surface area contributed by atoms with Crippen molar-refractivity contribution in [2.75, 3.05) is 0 Å². The molecule has 0 amide bonds. The second kappa shape index (κ2) is 3.89. The lowest BCUT2D eigenvalue weighted by molar-refractivity contribution is 1.21. The standard InChI is InChI=1S/C6H6N2/c1-6(2-4-7)3-5-8/h2H,3H2,1H3/b6-2+. The summed E-state index contributed by atoms with van der Waals surface area (Å²) in [4.78, 5) is 0. The first-order chi connectivity index (χ1) is 3.81. The summed E-state index contributed by atoms with van der Waals surface area (Å²) < 4.78 is 0. The third-order valence-electron chi connectivity index (χ3n) is 0.669. The van der Waals surface area contributed by atoms with Gasteiger partial charge >= 0.3 is 0 Å². The van der Waals surface area contributed by atoms with E-state index in [-0.39, 0.29) is 0 Å². The van der Waals surface area contributed by atoms with E-state index in [1.165, 1.54) is 6.08 Å². The second-order valence-electron chi connectivity index (χ2n) is 1.45. The van der Waals surface area contributed by atoms with E-state index in [9.17, 15) is 0 Å². The van der Waals surface area contributed by atoms with Crippen LogP contribution >= 0.6 is 0 Å². The molecule has 0 atom stereocenters. The van der Waals surface area contributed by atoms with Gasteiger partial charge in [-0.15, -0.1) is 0 Å². The molecule has 0 aliphatic carbocycles. The fourth-order valence-corrected chi connectivity index (χ4v) is 0.286. The van der Waals surface area contributed by atoms with E-state index in [1.807, 2.05) is 12.1 Å². The van der Waals surface area contributed by atoms with Crippen molar-refractivity contribution in [3.8, 4) is 12.1 Å². The molecule has 8 heavy (non-hydrogen) atoms. The fourth-order valence-electron chi connectivity index (χ4n) is 0.286. The first-order valence-corrected chi connectivity index (χ1v) is 2.23. The molecule has 40 valence electrons. The summed E-state index contributed by atoms with van der Waals surface area (Å²) in [5.41, 5.74) is 0.815. The molecule has 0 saturated heterocycles. The molecule has 0 saturated carbocycles. The van der Waals surface area contributed by atoms with Crippen molar-refractivity contribution in [1.29, 1.82) is 10.5 Å². The highest BCUT2D eigenvalue weighted by Gasteiger charge is 1.82. The van der Waals surface area contributed by atoms with Crippen LogP contribution in [0.2, 0.25) is 0 Å². The zero-order chi connectivity index (χ0) is 6.41. The number of allylic oxidation sites excluding steroid dienone is 2. The van der Waals surface area contributed by atoms with E-state index in [0.29, 0.717) is 6.42 Å². The molecule has 0 spiro atoms. The van der Waals surface area contributed by atoms with Gasteiger partial charge in [0.15, 0.2) is 0 Å². The number of rotatable bonds is 1. The summed E-state index contributed by atoms with van der Waals surface area (Å²) in [5, 5.41) is 16.1. The maximum absolute atomic E-state index is 8.06. The molecule has 2 heteroatoms. The molecule has 0 aromatic rings. The van der Waals surface area contributed by atoms with Crippen molar-refractivity contribution in [2.24, 2.45) is 0 Å². The van der Waals surface area contributed by atoms with E-state index >= 15 is 0 Å². The summed E-state index contributed by atoms with van der Waals surface area (Å²) in [6.45, 7) is 1.76. The Morgan fingerprint density at radius 3 is 2.62 bits per heavy atom. The van der Waals surface area contributed by atoms with Crippen molar-refractivity contribution in [3.63, 3.8) is 0 Å². The van der Waals surface area contributed by atoms with Gasteiger partial charge in [0, 0.05) is 6.08 Å². The average Bonchev–Trinajstić information content (AvgIpc) is 1.68. The van der Waals surface area contributed by atoms with E-state index in [1.54, 1.807) is 6.92 Å². The van der Waals surface area contributed by atoms with Gasteiger partial charge in [0.05, 0.1) is 18.6 Å². The minimum atomic E-state index is 0.355. The van der Waals surface area contributed by atoms with Crippen LogP contribution in [0.3, 0.4) is 0 Å². The van der Waals surface area contributed by atoms with Crippen molar-refractivity contribution in [3.05, 3.63) is 11.6 Å². The summed E-state index contributed by atoms with van der Waals surface area (Å²) in [6, 6.07) is 3.77. The third-order valence-corrected chi connectivity index (χ3v) is 0.669. The van der Waals surface area contributed by atoms with Crippen LogP contribution in [0.25, 0.3) is 0 Å². The van der Waals surface area contributed by atoms with Gasteiger partial charge in [-0.3, -0.25) is 0 Å². The summed E-state index contributed by atoms with van der Waals surface area (Å²) in [7, 11) is 0. The van der Waals surface area contributed by atoms with Crippen molar-refractivity contribution in [1.82, 2.24) is 0 Å². The van der Waals surface area contributed by atoms with Crippen LogP contribution in [0.5, 0.6) is 0 Å². The molecule has 0 bridgehead atoms. The molecule has 0 N–H and O–H groups in total. The van der Waals surface area contributed by atoms with Crippen LogP contribution in [0.4, 0.5) is 0 Å². The van der Waals surface area contributed by atoms with Crippen LogP contribution in [-0.4, -0.2) is 0 Å². The van der Waals surface area contributed by atoms with Crippen molar-refractivity contribution < 1.29 is 0 Å². The normalized spacial score (nSPS) is 9.62. The van der Waals surface area contributed by atoms with E-state index in [0.717, 1.165) is 5.57 Å². The van der Waals surface area contributed by atoms with Crippen molar-refractivity contribution in [2.45, 2.75) is 13.3 Å². The Morgan fingerprint density at radius 1 is 1.62 bits per heavy atom. The Morgan fingerprint density at radius 2 is 2.25 bits per heavy atom. The maximum atomic E-state index is 8.06. The molecule has 0 heterocycles. The van der Waals surface area contributed by atoms with Crippen LogP contribution in [-0.2, 0) is 0 Å². The summed E-state index contributed by atoms with van der Waals surface area (Å²) in [6.07, 6.45) is 1.73. The molecule has 0 rings (SSSR count). The van der Waals surface area contributed by atoms with Gasteiger partial charge in [0.1, 0.15) is 0 Å². The first kappa shape index (κ1) is 6.72. The van der Waals surface area contributed by atoms with Crippen LogP contribution in [0.1, 0.15) is 13.3 Å². The smallest absolute Gasteiger partial charge is 0.0911 e. The molecule has 0 unspecified atom stereocenters. The molecular weight excluding hydrogens is 100 g/mol. The van der Waals surface area contributed by atoms with Gasteiger partial charge in [0.25, 0.3) is 0 Å². The topological polar surface area (TPSA) is 47.6 Å². The molecule has 0 aliphatic rings. The molecular formula is C6H6N2. The second-order valence-corrected chi connectivity index (χ2v) is 1.45. The molecule has 0 radical (unpaired) electrons. The lowest BCUT2D eigenvalue weighted by Gasteiger charge is -1.81. The van der Waals surface area contributed by atoms with Gasteiger partial charge < -0.3 is 0 Å². The lowest BCUT2D eigenvalue weighted by atomic mass is 10.2. The minimum absolute atomic E-state index is 0.355. The van der Waals surface area contributed by atoms with Gasteiger partial charge in [-0.25, -0.2) is 0 Å². The van der Waals surface area contributed by atoms with Crippen LogP contribution < -0.4 is 0 Å². The Bertz CT molecular complexity index is 166. The molecule has 0 aromatic carbocycles. The Kier molecular flexibility index (Phi) is 3.27. The van der Waals surface area contributed by atoms with E-state index in [4.69, 9.17) is 10.5 Å². The Balaban J connectivity index is 3.71. The maximum Gasteiger partial charge on any atom is 0.0911 e. The van der Waals surface area contributed by atoms with E-state index < -0.39 is 0 Å². The molecule has 0 aromatic heterocycles. The quantitative estimate of drug-likeness (QED) is 0.474. The van der Waals surface area contributed by atoms with Gasteiger partial charge in [0.2, 0.25) is 0 Å². The van der Waals surface area contributed by atoms with Gasteiger partial charge in [-0.1, -0.05) is 0 Å². The zero-order valence-electron chi connectivity index (χ0n) is 4.68.